The highest BCUT2D eigenvalue weighted by molar-refractivity contribution is 7.10. The fourth-order valence-corrected chi connectivity index (χ4v) is 3.87. The van der Waals surface area contributed by atoms with Crippen LogP contribution in [-0.2, 0) is 13.0 Å². The second-order valence-electron chi connectivity index (χ2n) is 5.65. The van der Waals surface area contributed by atoms with Gasteiger partial charge in [-0.3, -0.25) is 4.90 Å². The summed E-state index contributed by atoms with van der Waals surface area (Å²) in [4.78, 5) is 4.11. The van der Waals surface area contributed by atoms with Crippen LogP contribution in [0.4, 0.5) is 0 Å². The molecule has 2 N–H and O–H groups in total. The molecule has 1 aliphatic heterocycles. The van der Waals surface area contributed by atoms with Gasteiger partial charge in [-0.15, -0.1) is 11.3 Å². The van der Waals surface area contributed by atoms with E-state index in [0.717, 1.165) is 19.5 Å². The van der Waals surface area contributed by atoms with Gasteiger partial charge in [0.2, 0.25) is 0 Å². The van der Waals surface area contributed by atoms with Crippen LogP contribution >= 0.6 is 11.3 Å². The maximum absolute atomic E-state index is 6.36. The van der Waals surface area contributed by atoms with E-state index >= 15 is 0 Å². The predicted molar refractivity (Wildman–Crippen MR) is 86.0 cm³/mol. The molecule has 1 aliphatic rings. The lowest BCUT2D eigenvalue weighted by atomic mass is 9.99. The Morgan fingerprint density at radius 1 is 1.30 bits per heavy atom. The van der Waals surface area contributed by atoms with Crippen molar-refractivity contribution in [2.24, 2.45) is 5.73 Å². The number of hydrogen-bond acceptors (Lipinski definition) is 3. The molecule has 0 spiro atoms. The molecule has 0 saturated heterocycles. The zero-order valence-electron chi connectivity index (χ0n) is 12.0. The number of fused-ring (bicyclic) bond motifs is 1. The van der Waals surface area contributed by atoms with Crippen molar-refractivity contribution in [2.45, 2.75) is 32.4 Å². The third kappa shape index (κ3) is 2.95. The second-order valence-corrected chi connectivity index (χ2v) is 6.65. The standard InChI is InChI=1S/C17H22N2S/c1-13-4-2-3-5-15(13)16(18)6-9-19-10-7-17-14(12-19)8-11-20-17/h2-5,8,11,16H,6-7,9-10,12,18H2,1H3. The average molecular weight is 286 g/mol. The lowest BCUT2D eigenvalue weighted by molar-refractivity contribution is 0.246. The Morgan fingerprint density at radius 3 is 3.00 bits per heavy atom. The number of benzene rings is 1. The van der Waals surface area contributed by atoms with E-state index in [0.29, 0.717) is 0 Å². The van der Waals surface area contributed by atoms with Gasteiger partial charge in [-0.2, -0.15) is 0 Å². The second kappa shape index (κ2) is 6.08. The quantitative estimate of drug-likeness (QED) is 0.932. The van der Waals surface area contributed by atoms with Crippen molar-refractivity contribution in [1.82, 2.24) is 4.90 Å². The van der Waals surface area contributed by atoms with Crippen molar-refractivity contribution in [2.75, 3.05) is 13.1 Å². The molecule has 106 valence electrons. The molecular weight excluding hydrogens is 264 g/mol. The van der Waals surface area contributed by atoms with Crippen LogP contribution in [-0.4, -0.2) is 18.0 Å². The highest BCUT2D eigenvalue weighted by Crippen LogP contribution is 2.25. The Bertz CT molecular complexity index is 576. The van der Waals surface area contributed by atoms with Gasteiger partial charge in [-0.05, 0) is 47.9 Å². The lowest BCUT2D eigenvalue weighted by Gasteiger charge is -2.28. The number of hydrogen-bond donors (Lipinski definition) is 1. The number of nitrogens with zero attached hydrogens (tertiary/aromatic N) is 1. The highest BCUT2D eigenvalue weighted by Gasteiger charge is 2.18. The van der Waals surface area contributed by atoms with Crippen molar-refractivity contribution in [3.8, 4) is 0 Å². The van der Waals surface area contributed by atoms with Gasteiger partial charge in [0, 0.05) is 30.6 Å². The van der Waals surface area contributed by atoms with Crippen molar-refractivity contribution >= 4 is 11.3 Å². The highest BCUT2D eigenvalue weighted by atomic mass is 32.1. The zero-order valence-corrected chi connectivity index (χ0v) is 12.8. The molecule has 1 atom stereocenters. The normalized spacial score (nSPS) is 16.9. The first-order valence-corrected chi connectivity index (χ1v) is 8.20. The predicted octanol–water partition coefficient (Wildman–Crippen LogP) is 3.50. The molecular formula is C17H22N2S. The minimum Gasteiger partial charge on any atom is -0.324 e. The van der Waals surface area contributed by atoms with Crippen LogP contribution in [0.15, 0.2) is 35.7 Å². The van der Waals surface area contributed by atoms with Gasteiger partial charge in [0.25, 0.3) is 0 Å². The number of rotatable bonds is 4. The molecule has 0 amide bonds. The smallest absolute Gasteiger partial charge is 0.0309 e. The molecule has 0 bridgehead atoms. The first kappa shape index (κ1) is 13.8. The molecule has 0 aliphatic carbocycles. The van der Waals surface area contributed by atoms with E-state index < -0.39 is 0 Å². The minimum atomic E-state index is 0.153. The van der Waals surface area contributed by atoms with Gasteiger partial charge in [0.05, 0.1) is 0 Å². The first-order chi connectivity index (χ1) is 9.74. The molecule has 1 aromatic heterocycles. The van der Waals surface area contributed by atoms with Gasteiger partial charge in [-0.1, -0.05) is 24.3 Å². The summed E-state index contributed by atoms with van der Waals surface area (Å²) in [6.45, 7) is 5.51. The van der Waals surface area contributed by atoms with E-state index in [4.69, 9.17) is 5.73 Å². The molecule has 1 unspecified atom stereocenters. The minimum absolute atomic E-state index is 0.153. The Labute approximate surface area is 125 Å². The van der Waals surface area contributed by atoms with E-state index in [9.17, 15) is 0 Å². The molecule has 0 radical (unpaired) electrons. The molecule has 3 rings (SSSR count). The topological polar surface area (TPSA) is 29.3 Å². The first-order valence-electron chi connectivity index (χ1n) is 7.33. The van der Waals surface area contributed by atoms with E-state index in [1.165, 1.54) is 29.7 Å². The lowest BCUT2D eigenvalue weighted by Crippen LogP contribution is -2.32. The number of aryl methyl sites for hydroxylation is 1. The Kier molecular flexibility index (Phi) is 4.20. The summed E-state index contributed by atoms with van der Waals surface area (Å²) in [6.07, 6.45) is 2.23. The summed E-state index contributed by atoms with van der Waals surface area (Å²) >= 11 is 1.90. The van der Waals surface area contributed by atoms with Crippen LogP contribution < -0.4 is 5.73 Å². The summed E-state index contributed by atoms with van der Waals surface area (Å²) in [7, 11) is 0. The van der Waals surface area contributed by atoms with Crippen LogP contribution in [0.25, 0.3) is 0 Å². The van der Waals surface area contributed by atoms with Gasteiger partial charge in [-0.25, -0.2) is 0 Å². The summed E-state index contributed by atoms with van der Waals surface area (Å²) < 4.78 is 0. The molecule has 1 aromatic carbocycles. The third-order valence-electron chi connectivity index (χ3n) is 4.23. The monoisotopic (exact) mass is 286 g/mol. The third-order valence-corrected chi connectivity index (χ3v) is 5.25. The van der Waals surface area contributed by atoms with Gasteiger partial charge < -0.3 is 5.73 Å². The van der Waals surface area contributed by atoms with Crippen molar-refractivity contribution in [3.05, 3.63) is 57.3 Å². The van der Waals surface area contributed by atoms with E-state index in [1.54, 1.807) is 4.88 Å². The zero-order chi connectivity index (χ0) is 13.9. The SMILES string of the molecule is Cc1ccccc1C(N)CCN1CCc2sccc2C1. The summed E-state index contributed by atoms with van der Waals surface area (Å²) in [5.74, 6) is 0. The number of nitrogens with two attached hydrogens (primary N) is 1. The molecule has 0 saturated carbocycles. The van der Waals surface area contributed by atoms with Crippen LogP contribution in [0.1, 0.15) is 34.0 Å². The Morgan fingerprint density at radius 2 is 2.15 bits per heavy atom. The fourth-order valence-electron chi connectivity index (χ4n) is 2.98. The molecule has 2 nitrogen and oxygen atoms in total. The largest absolute Gasteiger partial charge is 0.324 e. The van der Waals surface area contributed by atoms with E-state index in [-0.39, 0.29) is 6.04 Å². The van der Waals surface area contributed by atoms with E-state index in [1.807, 2.05) is 11.3 Å². The molecule has 0 fully saturated rings. The van der Waals surface area contributed by atoms with Crippen molar-refractivity contribution in [3.63, 3.8) is 0 Å². The fraction of sp³-hybridized carbons (Fsp3) is 0.412. The summed E-state index contributed by atoms with van der Waals surface area (Å²) in [5, 5.41) is 2.22. The summed E-state index contributed by atoms with van der Waals surface area (Å²) in [6, 6.07) is 10.9. The van der Waals surface area contributed by atoms with Crippen molar-refractivity contribution in [1.29, 1.82) is 0 Å². The van der Waals surface area contributed by atoms with Gasteiger partial charge >= 0.3 is 0 Å². The number of thiophene rings is 1. The molecule has 20 heavy (non-hydrogen) atoms. The van der Waals surface area contributed by atoms with Crippen LogP contribution in [0.3, 0.4) is 0 Å². The van der Waals surface area contributed by atoms with Gasteiger partial charge in [0.15, 0.2) is 0 Å². The Hall–Kier alpha value is -1.16. The molecule has 2 heterocycles. The molecule has 2 aromatic rings. The van der Waals surface area contributed by atoms with Crippen LogP contribution in [0.5, 0.6) is 0 Å². The van der Waals surface area contributed by atoms with Crippen LogP contribution in [0.2, 0.25) is 0 Å². The summed E-state index contributed by atoms with van der Waals surface area (Å²) in [5.41, 5.74) is 10.5. The molecule has 3 heteroatoms. The maximum atomic E-state index is 6.36. The average Bonchev–Trinajstić information content (AvgIpc) is 2.92. The van der Waals surface area contributed by atoms with Crippen LogP contribution in [0, 0.1) is 6.92 Å². The maximum Gasteiger partial charge on any atom is 0.0309 e. The van der Waals surface area contributed by atoms with E-state index in [2.05, 4.69) is 47.5 Å². The Balaban J connectivity index is 1.57. The van der Waals surface area contributed by atoms with Gasteiger partial charge in [0.1, 0.15) is 0 Å². The van der Waals surface area contributed by atoms with Crippen molar-refractivity contribution < 1.29 is 0 Å².